The fraction of sp³-hybridized carbons (Fsp3) is 0.231. The highest BCUT2D eigenvalue weighted by Crippen LogP contribution is 2.44. The van der Waals surface area contributed by atoms with Gasteiger partial charge in [-0.2, -0.15) is 0 Å². The Labute approximate surface area is 186 Å². The van der Waals surface area contributed by atoms with Gasteiger partial charge in [-0.15, -0.1) is 0 Å². The maximum atomic E-state index is 13.5. The minimum absolute atomic E-state index is 0.107. The second-order valence-electron chi connectivity index (χ2n) is 8.37. The van der Waals surface area contributed by atoms with E-state index >= 15 is 0 Å². The molecular formula is C26H23NO5. The van der Waals surface area contributed by atoms with Crippen LogP contribution < -0.4 is 14.4 Å². The molecule has 0 unspecified atom stereocenters. The van der Waals surface area contributed by atoms with Crippen molar-refractivity contribution in [3.63, 3.8) is 0 Å². The first-order valence-electron chi connectivity index (χ1n) is 10.5. The third kappa shape index (κ3) is 3.24. The van der Waals surface area contributed by atoms with Gasteiger partial charge in [0.15, 0.2) is 22.9 Å². The zero-order valence-electron chi connectivity index (χ0n) is 17.9. The van der Waals surface area contributed by atoms with Gasteiger partial charge in [0.1, 0.15) is 0 Å². The van der Waals surface area contributed by atoms with Crippen molar-refractivity contribution in [1.29, 1.82) is 0 Å². The van der Waals surface area contributed by atoms with E-state index in [9.17, 15) is 14.7 Å². The zero-order valence-corrected chi connectivity index (χ0v) is 17.9. The Bertz CT molecular complexity index is 1250. The summed E-state index contributed by atoms with van der Waals surface area (Å²) in [5, 5.41) is 11.5. The quantitative estimate of drug-likeness (QED) is 0.620. The summed E-state index contributed by atoms with van der Waals surface area (Å²) >= 11 is 0. The van der Waals surface area contributed by atoms with E-state index in [0.29, 0.717) is 34.9 Å². The van der Waals surface area contributed by atoms with Crippen molar-refractivity contribution >= 4 is 17.4 Å². The molecule has 0 fully saturated rings. The average Bonchev–Trinajstić information content (AvgIpc) is 3.33. The molecule has 1 amide bonds. The number of benzene rings is 3. The van der Waals surface area contributed by atoms with Crippen molar-refractivity contribution in [2.24, 2.45) is 0 Å². The predicted molar refractivity (Wildman–Crippen MR) is 119 cm³/mol. The number of hydrogen-bond acceptors (Lipinski definition) is 5. The molecule has 1 atom stereocenters. The first-order valence-corrected chi connectivity index (χ1v) is 10.5. The van der Waals surface area contributed by atoms with Crippen LogP contribution in [-0.2, 0) is 16.9 Å². The fourth-order valence-corrected chi connectivity index (χ4v) is 4.43. The number of fused-ring (bicyclic) bond motifs is 2. The van der Waals surface area contributed by atoms with Crippen molar-refractivity contribution in [2.45, 2.75) is 32.4 Å². The molecular weight excluding hydrogens is 406 g/mol. The second-order valence-corrected chi connectivity index (χ2v) is 8.37. The molecule has 0 saturated heterocycles. The summed E-state index contributed by atoms with van der Waals surface area (Å²) in [6.45, 7) is 4.45. The lowest BCUT2D eigenvalue weighted by atomic mass is 9.88. The minimum Gasteiger partial charge on any atom is -0.454 e. The Morgan fingerprint density at radius 2 is 1.81 bits per heavy atom. The van der Waals surface area contributed by atoms with Gasteiger partial charge in [-0.05, 0) is 49.2 Å². The van der Waals surface area contributed by atoms with E-state index in [-0.39, 0.29) is 19.0 Å². The largest absolute Gasteiger partial charge is 0.454 e. The van der Waals surface area contributed by atoms with Crippen LogP contribution >= 0.6 is 0 Å². The molecule has 6 nitrogen and oxygen atoms in total. The predicted octanol–water partition coefficient (Wildman–Crippen LogP) is 4.04. The van der Waals surface area contributed by atoms with E-state index < -0.39 is 11.5 Å². The van der Waals surface area contributed by atoms with Gasteiger partial charge in [-0.3, -0.25) is 9.59 Å². The average molecular weight is 429 g/mol. The Morgan fingerprint density at radius 3 is 2.62 bits per heavy atom. The second kappa shape index (κ2) is 7.50. The number of ketones is 1. The number of carbonyl (C=O) groups excluding carboxylic acids is 2. The highest BCUT2D eigenvalue weighted by Gasteiger charge is 2.50. The smallest absolute Gasteiger partial charge is 0.264 e. The van der Waals surface area contributed by atoms with Crippen molar-refractivity contribution in [1.82, 2.24) is 0 Å². The summed E-state index contributed by atoms with van der Waals surface area (Å²) in [4.78, 5) is 28.2. The van der Waals surface area contributed by atoms with Gasteiger partial charge in [-0.1, -0.05) is 42.0 Å². The van der Waals surface area contributed by atoms with Crippen molar-refractivity contribution in [3.8, 4) is 11.5 Å². The zero-order chi connectivity index (χ0) is 22.5. The van der Waals surface area contributed by atoms with Gasteiger partial charge in [0.2, 0.25) is 6.79 Å². The van der Waals surface area contributed by atoms with Gasteiger partial charge in [0, 0.05) is 11.1 Å². The number of carbonyl (C=O) groups is 2. The summed E-state index contributed by atoms with van der Waals surface area (Å²) in [5.74, 6) is 0.217. The molecule has 1 N–H and O–H groups in total. The molecule has 6 heteroatoms. The summed E-state index contributed by atoms with van der Waals surface area (Å²) in [6.07, 6.45) is -0.355. The van der Waals surface area contributed by atoms with Gasteiger partial charge >= 0.3 is 0 Å². The lowest BCUT2D eigenvalue weighted by molar-refractivity contribution is -0.136. The number of ether oxygens (including phenoxy) is 2. The molecule has 3 aromatic carbocycles. The Morgan fingerprint density at radius 1 is 1.03 bits per heavy atom. The van der Waals surface area contributed by atoms with E-state index in [2.05, 4.69) is 6.07 Å². The SMILES string of the molecule is Cc1ccc(CN2C(=O)[C@](O)(CC(=O)c3ccc4c(c3)OCO4)c3ccccc32)c(C)c1. The lowest BCUT2D eigenvalue weighted by Gasteiger charge is -2.23. The molecule has 32 heavy (non-hydrogen) atoms. The van der Waals surface area contributed by atoms with E-state index in [4.69, 9.17) is 9.47 Å². The van der Waals surface area contributed by atoms with E-state index in [1.807, 2.05) is 32.0 Å². The standard InChI is InChI=1S/C26H23NO5/c1-16-7-8-19(17(2)11-16)14-27-21-6-4-3-5-20(21)26(30,25(27)29)13-22(28)18-9-10-23-24(12-18)32-15-31-23/h3-12,30H,13-15H2,1-2H3/t26-/m0/s1. The Kier molecular flexibility index (Phi) is 4.75. The number of aryl methyl sites for hydroxylation is 2. The summed E-state index contributed by atoms with van der Waals surface area (Å²) in [7, 11) is 0. The van der Waals surface area contributed by atoms with Crippen molar-refractivity contribution in [3.05, 3.63) is 88.5 Å². The van der Waals surface area contributed by atoms with Crippen LogP contribution in [-0.4, -0.2) is 23.6 Å². The van der Waals surface area contributed by atoms with Gasteiger partial charge in [-0.25, -0.2) is 0 Å². The number of para-hydroxylation sites is 1. The van der Waals surface area contributed by atoms with Crippen molar-refractivity contribution < 1.29 is 24.2 Å². The minimum atomic E-state index is -1.93. The number of hydrogen-bond donors (Lipinski definition) is 1. The highest BCUT2D eigenvalue weighted by molar-refractivity contribution is 6.10. The van der Waals surface area contributed by atoms with Crippen LogP contribution in [0.25, 0.3) is 0 Å². The van der Waals surface area contributed by atoms with Gasteiger partial charge in [0.25, 0.3) is 5.91 Å². The van der Waals surface area contributed by atoms with Crippen LogP contribution in [0.15, 0.2) is 60.7 Å². The van der Waals surface area contributed by atoms with E-state index in [0.717, 1.165) is 16.7 Å². The summed E-state index contributed by atoms with van der Waals surface area (Å²) in [5.41, 5.74) is 2.71. The van der Waals surface area contributed by atoms with E-state index in [1.165, 1.54) is 0 Å². The van der Waals surface area contributed by atoms with Gasteiger partial charge in [0.05, 0.1) is 18.7 Å². The lowest BCUT2D eigenvalue weighted by Crippen LogP contribution is -2.41. The van der Waals surface area contributed by atoms with Crippen LogP contribution in [0.2, 0.25) is 0 Å². The third-order valence-electron chi connectivity index (χ3n) is 6.18. The first-order chi connectivity index (χ1) is 15.4. The Balaban J connectivity index is 1.47. The molecule has 0 spiro atoms. The number of anilines is 1. The third-order valence-corrected chi connectivity index (χ3v) is 6.18. The summed E-state index contributed by atoms with van der Waals surface area (Å²) in [6, 6.07) is 18.1. The highest BCUT2D eigenvalue weighted by atomic mass is 16.7. The van der Waals surface area contributed by atoms with Crippen LogP contribution in [0, 0.1) is 13.8 Å². The van der Waals surface area contributed by atoms with Crippen LogP contribution in [0.3, 0.4) is 0 Å². The molecule has 0 aliphatic carbocycles. The number of aliphatic hydroxyl groups is 1. The fourth-order valence-electron chi connectivity index (χ4n) is 4.43. The number of nitrogens with zero attached hydrogens (tertiary/aromatic N) is 1. The monoisotopic (exact) mass is 429 g/mol. The molecule has 2 aliphatic rings. The van der Waals surface area contributed by atoms with Crippen molar-refractivity contribution in [2.75, 3.05) is 11.7 Å². The molecule has 2 aliphatic heterocycles. The molecule has 162 valence electrons. The maximum Gasteiger partial charge on any atom is 0.264 e. The normalized spacial score (nSPS) is 18.7. The number of rotatable bonds is 5. The number of Topliss-reactive ketones (excluding diaryl/α,β-unsaturated/α-hetero) is 1. The molecule has 0 radical (unpaired) electrons. The molecule has 3 aromatic rings. The number of amides is 1. The first kappa shape index (κ1) is 20.3. The molecule has 0 bridgehead atoms. The molecule has 0 saturated carbocycles. The molecule has 2 heterocycles. The Hall–Kier alpha value is -3.64. The topological polar surface area (TPSA) is 76.1 Å². The van der Waals surface area contributed by atoms with Crippen LogP contribution in [0.1, 0.15) is 39.0 Å². The van der Waals surface area contributed by atoms with Crippen LogP contribution in [0.4, 0.5) is 5.69 Å². The van der Waals surface area contributed by atoms with E-state index in [1.54, 1.807) is 41.3 Å². The summed E-state index contributed by atoms with van der Waals surface area (Å²) < 4.78 is 10.6. The van der Waals surface area contributed by atoms with Crippen LogP contribution in [0.5, 0.6) is 11.5 Å². The molecule has 5 rings (SSSR count). The maximum absolute atomic E-state index is 13.5. The molecule has 0 aromatic heterocycles. The van der Waals surface area contributed by atoms with Gasteiger partial charge < -0.3 is 19.5 Å².